The van der Waals surface area contributed by atoms with Crippen molar-refractivity contribution in [3.63, 3.8) is 0 Å². The van der Waals surface area contributed by atoms with E-state index in [0.717, 1.165) is 6.07 Å². The van der Waals surface area contributed by atoms with Crippen molar-refractivity contribution in [3.8, 4) is 0 Å². The number of nitrogens with one attached hydrogen (secondary N) is 1. The van der Waals surface area contributed by atoms with Crippen LogP contribution in [0, 0.1) is 35.2 Å². The number of benzene rings is 2. The minimum Gasteiger partial charge on any atom is -0.438 e. The van der Waals surface area contributed by atoms with Gasteiger partial charge in [0.2, 0.25) is 0 Å². The number of aromatic nitrogens is 1. The molecule has 2 fully saturated rings. The summed E-state index contributed by atoms with van der Waals surface area (Å²) in [6.45, 7) is 1.97. The monoisotopic (exact) mass is 607 g/mol. The lowest BCUT2D eigenvalue weighted by Gasteiger charge is -2.45. The van der Waals surface area contributed by atoms with Crippen LogP contribution < -0.4 is 11.1 Å². The Labute approximate surface area is 239 Å². The molecule has 2 aliphatic rings. The fraction of sp³-hybridized carbons (Fsp3) is 0.321. The van der Waals surface area contributed by atoms with Crippen molar-refractivity contribution >= 4 is 39.1 Å². The van der Waals surface area contributed by atoms with Crippen LogP contribution in [-0.2, 0) is 20.2 Å². The number of pyridine rings is 1. The number of nitrogens with two attached hydrogens (primary N) is 1. The van der Waals surface area contributed by atoms with Crippen molar-refractivity contribution in [2.45, 2.75) is 41.9 Å². The van der Waals surface area contributed by atoms with Gasteiger partial charge in [-0.2, -0.15) is 0 Å². The molecular weight excluding hydrogens is 583 g/mol. The number of rotatable bonds is 6. The van der Waals surface area contributed by atoms with Crippen LogP contribution in [0.25, 0.3) is 0 Å². The van der Waals surface area contributed by atoms with Gasteiger partial charge >= 0.3 is 6.09 Å². The van der Waals surface area contributed by atoms with Crippen LogP contribution in [-0.4, -0.2) is 30.7 Å². The molecule has 0 spiro atoms. The topological polar surface area (TPSA) is 128 Å². The number of sulfone groups is 1. The van der Waals surface area contributed by atoms with Gasteiger partial charge in [-0.15, -0.1) is 0 Å². The first-order chi connectivity index (χ1) is 19.3. The SMILES string of the molecule is C[C@H]1CC2C[C@@H](S(=O)(=O)c3cc(C(=O)Nc4cc(F)c(F)c(F)c4)ccc3Cl)CC1[C@@]2(OC(N)=O)c1cccnc1. The van der Waals surface area contributed by atoms with E-state index in [1.807, 2.05) is 6.92 Å². The Morgan fingerprint density at radius 3 is 2.41 bits per heavy atom. The van der Waals surface area contributed by atoms with Gasteiger partial charge < -0.3 is 15.8 Å². The summed E-state index contributed by atoms with van der Waals surface area (Å²) in [5, 5.41) is 1.20. The Morgan fingerprint density at radius 1 is 1.10 bits per heavy atom. The van der Waals surface area contributed by atoms with Gasteiger partial charge in [0.25, 0.3) is 5.91 Å². The van der Waals surface area contributed by atoms with Gasteiger partial charge in [-0.05, 0) is 49.4 Å². The molecule has 2 unspecified atom stereocenters. The second kappa shape index (κ2) is 10.6. The largest absolute Gasteiger partial charge is 0.438 e. The maximum absolute atomic E-state index is 14.0. The molecule has 1 aromatic heterocycles. The quantitative estimate of drug-likeness (QED) is 0.351. The molecule has 2 amide bonds. The molecule has 0 saturated heterocycles. The van der Waals surface area contributed by atoms with Gasteiger partial charge in [0.05, 0.1) is 15.2 Å². The summed E-state index contributed by atoms with van der Waals surface area (Å²) < 4.78 is 74.2. The van der Waals surface area contributed by atoms with Gasteiger partial charge in [0.15, 0.2) is 27.3 Å². The van der Waals surface area contributed by atoms with Crippen molar-refractivity contribution in [1.82, 2.24) is 4.98 Å². The number of amides is 2. The molecule has 1 heterocycles. The summed E-state index contributed by atoms with van der Waals surface area (Å²) >= 11 is 6.32. The first-order valence-corrected chi connectivity index (χ1v) is 14.6. The Morgan fingerprint density at radius 2 is 1.80 bits per heavy atom. The van der Waals surface area contributed by atoms with Crippen molar-refractivity contribution in [2.75, 3.05) is 5.32 Å². The number of anilines is 1. The van der Waals surface area contributed by atoms with E-state index in [-0.39, 0.29) is 45.8 Å². The van der Waals surface area contributed by atoms with Crippen LogP contribution in [0.1, 0.15) is 42.1 Å². The van der Waals surface area contributed by atoms with Crippen molar-refractivity contribution < 1.29 is 35.9 Å². The number of hydrogen-bond acceptors (Lipinski definition) is 6. The van der Waals surface area contributed by atoms with Crippen molar-refractivity contribution in [1.29, 1.82) is 0 Å². The molecule has 2 aliphatic carbocycles. The average molecular weight is 608 g/mol. The predicted octanol–water partition coefficient (Wildman–Crippen LogP) is 5.60. The molecule has 3 N–H and O–H groups in total. The molecule has 3 aromatic rings. The number of hydrogen-bond donors (Lipinski definition) is 2. The summed E-state index contributed by atoms with van der Waals surface area (Å²) in [4.78, 5) is 28.8. The standard InChI is InChI=1S/C28H25ClF3N3O5S/c1-14-7-17-9-19(12-20(14)28(17,40-27(33)37)16-3-2-6-34-13-16)41(38,39)24-8-15(4-5-21(24)29)26(36)35-18-10-22(30)25(32)23(31)11-18/h2-6,8,10-11,13-14,17,19-20H,7,9,12H2,1H3,(H2,33,37)(H,35,36)/t14-,17?,19+,20?,28+/m0/s1. The number of halogens is 4. The van der Waals surface area contributed by atoms with Crippen molar-refractivity contribution in [2.24, 2.45) is 23.5 Å². The first kappa shape index (κ1) is 28.9. The normalized spacial score (nSPS) is 25.5. The number of carbonyl (C=O) groups excluding carboxylic acids is 2. The van der Waals surface area contributed by atoms with Gasteiger partial charge in [-0.3, -0.25) is 9.78 Å². The zero-order chi connectivity index (χ0) is 29.7. The highest BCUT2D eigenvalue weighted by Crippen LogP contribution is 2.61. The van der Waals surface area contributed by atoms with Crippen LogP contribution in [0.3, 0.4) is 0 Å². The van der Waals surface area contributed by atoms with Crippen LogP contribution in [0.2, 0.25) is 5.02 Å². The van der Waals surface area contributed by atoms with E-state index in [0.29, 0.717) is 24.1 Å². The molecule has 0 radical (unpaired) electrons. The van der Waals surface area contributed by atoms with E-state index in [2.05, 4.69) is 10.3 Å². The Hall–Kier alpha value is -3.64. The zero-order valence-corrected chi connectivity index (χ0v) is 23.2. The second-order valence-electron chi connectivity index (χ2n) is 10.5. The fourth-order valence-corrected chi connectivity index (χ4v) is 8.82. The van der Waals surface area contributed by atoms with Crippen LogP contribution in [0.4, 0.5) is 23.7 Å². The van der Waals surface area contributed by atoms with Gasteiger partial charge in [0, 0.05) is 53.2 Å². The molecule has 13 heteroatoms. The van der Waals surface area contributed by atoms with E-state index in [1.165, 1.54) is 12.1 Å². The summed E-state index contributed by atoms with van der Waals surface area (Å²) in [5.74, 6) is -6.36. The molecule has 2 bridgehead atoms. The van der Waals surface area contributed by atoms with E-state index in [1.54, 1.807) is 24.5 Å². The lowest BCUT2D eigenvalue weighted by atomic mass is 9.69. The summed E-state index contributed by atoms with van der Waals surface area (Å²) in [6.07, 6.45) is 3.04. The Bertz CT molecular complexity index is 1620. The van der Waals surface area contributed by atoms with E-state index < -0.39 is 56.1 Å². The molecule has 2 saturated carbocycles. The lowest BCUT2D eigenvalue weighted by molar-refractivity contribution is -0.0762. The van der Waals surface area contributed by atoms with Gasteiger partial charge in [-0.1, -0.05) is 24.6 Å². The highest BCUT2D eigenvalue weighted by Gasteiger charge is 2.62. The predicted molar refractivity (Wildman–Crippen MR) is 143 cm³/mol. The minimum atomic E-state index is -4.12. The van der Waals surface area contributed by atoms with Gasteiger partial charge in [0.1, 0.15) is 5.60 Å². The number of ether oxygens (including phenoxy) is 1. The minimum absolute atomic E-state index is 0.0103. The van der Waals surface area contributed by atoms with E-state index >= 15 is 0 Å². The molecular formula is C28H25ClF3N3O5S. The molecule has 5 rings (SSSR count). The first-order valence-electron chi connectivity index (χ1n) is 12.7. The third kappa shape index (κ3) is 5.03. The zero-order valence-electron chi connectivity index (χ0n) is 21.6. The summed E-state index contributed by atoms with van der Waals surface area (Å²) in [7, 11) is -4.12. The number of primary amides is 1. The molecule has 5 atom stereocenters. The van der Waals surface area contributed by atoms with Crippen molar-refractivity contribution in [3.05, 3.63) is 88.5 Å². The third-order valence-corrected chi connectivity index (χ3v) is 10.8. The van der Waals surface area contributed by atoms with Crippen LogP contribution >= 0.6 is 11.6 Å². The fourth-order valence-electron chi connectivity index (χ4n) is 6.44. The maximum Gasteiger partial charge on any atom is 0.405 e. The Kier molecular flexibility index (Phi) is 7.49. The van der Waals surface area contributed by atoms with E-state index in [4.69, 9.17) is 22.1 Å². The number of nitrogens with zero attached hydrogens (tertiary/aromatic N) is 1. The third-order valence-electron chi connectivity index (χ3n) is 8.13. The lowest BCUT2D eigenvalue weighted by Crippen LogP contribution is -2.50. The number of carbonyl (C=O) groups is 2. The molecule has 41 heavy (non-hydrogen) atoms. The maximum atomic E-state index is 14.0. The Balaban J connectivity index is 1.46. The summed E-state index contributed by atoms with van der Waals surface area (Å²) in [6, 6.07) is 8.29. The van der Waals surface area contributed by atoms with Crippen LogP contribution in [0.5, 0.6) is 0 Å². The smallest absolute Gasteiger partial charge is 0.405 e. The molecule has 0 aliphatic heterocycles. The average Bonchev–Trinajstić information content (AvgIpc) is 3.04. The highest BCUT2D eigenvalue weighted by atomic mass is 35.5. The molecule has 216 valence electrons. The second-order valence-corrected chi connectivity index (χ2v) is 13.1. The van der Waals surface area contributed by atoms with Crippen LogP contribution in [0.15, 0.2) is 59.8 Å². The van der Waals surface area contributed by atoms with E-state index in [9.17, 15) is 31.2 Å². The molecule has 8 nitrogen and oxygen atoms in total. The molecule has 2 aromatic carbocycles. The number of fused-ring (bicyclic) bond motifs is 2. The highest BCUT2D eigenvalue weighted by molar-refractivity contribution is 7.92. The van der Waals surface area contributed by atoms with Gasteiger partial charge in [-0.25, -0.2) is 26.4 Å². The summed E-state index contributed by atoms with van der Waals surface area (Å²) in [5.41, 5.74) is 4.48.